The Kier molecular flexibility index (Phi) is 6.30. The minimum atomic E-state index is -0.483. The van der Waals surface area contributed by atoms with Crippen LogP contribution in [0.1, 0.15) is 94.2 Å². The number of rotatable bonds is 5. The number of hydrogen-bond acceptors (Lipinski definition) is 5. The van der Waals surface area contributed by atoms with Gasteiger partial charge in [-0.2, -0.15) is 5.10 Å². The van der Waals surface area contributed by atoms with Gasteiger partial charge in [0, 0.05) is 24.3 Å². The van der Waals surface area contributed by atoms with Gasteiger partial charge in [-0.15, -0.1) is 0 Å². The number of fused-ring (bicyclic) bond motifs is 2. The van der Waals surface area contributed by atoms with Crippen molar-refractivity contribution in [3.05, 3.63) is 23.5 Å². The summed E-state index contributed by atoms with van der Waals surface area (Å²) < 4.78 is 7.36. The number of esters is 1. The van der Waals surface area contributed by atoms with Gasteiger partial charge in [-0.05, 0) is 57.4 Å². The van der Waals surface area contributed by atoms with E-state index in [-0.39, 0.29) is 24.5 Å². The molecule has 7 heteroatoms. The molecule has 1 aliphatic carbocycles. The highest BCUT2D eigenvalue weighted by Crippen LogP contribution is 2.35. The predicted octanol–water partition coefficient (Wildman–Crippen LogP) is 4.47. The molecule has 0 N–H and O–H groups in total. The Morgan fingerprint density at radius 1 is 1.13 bits per heavy atom. The van der Waals surface area contributed by atoms with Gasteiger partial charge in [-0.3, -0.25) is 4.79 Å². The molecular weight excluding hydrogens is 392 g/mol. The highest BCUT2D eigenvalue weighted by Gasteiger charge is 2.36. The van der Waals surface area contributed by atoms with E-state index < -0.39 is 5.97 Å². The van der Waals surface area contributed by atoms with Crippen molar-refractivity contribution in [2.75, 3.05) is 13.2 Å². The molecule has 31 heavy (non-hydrogen) atoms. The summed E-state index contributed by atoms with van der Waals surface area (Å²) in [7, 11) is 0. The van der Waals surface area contributed by atoms with Gasteiger partial charge in [-0.25, -0.2) is 14.5 Å². The zero-order chi connectivity index (χ0) is 22.1. The molecule has 0 bridgehead atoms. The maximum atomic E-state index is 13.0. The van der Waals surface area contributed by atoms with E-state index in [1.807, 2.05) is 37.3 Å². The second-order valence-electron chi connectivity index (χ2n) is 9.59. The highest BCUT2D eigenvalue weighted by molar-refractivity contribution is 6.03. The summed E-state index contributed by atoms with van der Waals surface area (Å²) in [4.78, 5) is 32.7. The van der Waals surface area contributed by atoms with Gasteiger partial charge in [0.25, 0.3) is 5.91 Å². The minimum Gasteiger partial charge on any atom is -0.452 e. The van der Waals surface area contributed by atoms with Crippen LogP contribution in [0.15, 0.2) is 12.3 Å². The standard InChI is InChI=1S/C24H34N4O3/c1-15(2)20-12-18(19-13-25-28(16(3)4)23(19)26-20)24(30)31-14-22(29)27-11-7-9-17-8-5-6-10-21(17)27/h12-13,15-17,21H,5-11,14H2,1-4H3/t17-,21-/m1/s1. The molecule has 0 spiro atoms. The van der Waals surface area contributed by atoms with E-state index in [1.54, 1.807) is 12.3 Å². The third-order valence-corrected chi connectivity index (χ3v) is 6.78. The van der Waals surface area contributed by atoms with E-state index in [0.29, 0.717) is 28.6 Å². The Morgan fingerprint density at radius 3 is 2.61 bits per heavy atom. The third-order valence-electron chi connectivity index (χ3n) is 6.78. The molecule has 1 aliphatic heterocycles. The monoisotopic (exact) mass is 426 g/mol. The first kappa shape index (κ1) is 21.8. The van der Waals surface area contributed by atoms with E-state index >= 15 is 0 Å². The van der Waals surface area contributed by atoms with Crippen molar-refractivity contribution in [3.63, 3.8) is 0 Å². The third kappa shape index (κ3) is 4.32. The first-order chi connectivity index (χ1) is 14.9. The largest absolute Gasteiger partial charge is 0.452 e. The van der Waals surface area contributed by atoms with Gasteiger partial charge in [0.2, 0.25) is 0 Å². The fourth-order valence-electron chi connectivity index (χ4n) is 5.10. The highest BCUT2D eigenvalue weighted by atomic mass is 16.5. The maximum Gasteiger partial charge on any atom is 0.339 e. The summed E-state index contributed by atoms with van der Waals surface area (Å²) in [6.07, 6.45) is 8.64. The van der Waals surface area contributed by atoms with Crippen LogP contribution in [-0.2, 0) is 9.53 Å². The van der Waals surface area contributed by atoms with Crippen LogP contribution in [0.25, 0.3) is 11.0 Å². The lowest BCUT2D eigenvalue weighted by Gasteiger charge is -2.44. The summed E-state index contributed by atoms with van der Waals surface area (Å²) in [5.41, 5.74) is 1.93. The summed E-state index contributed by atoms with van der Waals surface area (Å²) in [5, 5.41) is 5.09. The lowest BCUT2D eigenvalue weighted by molar-refractivity contribution is -0.140. The van der Waals surface area contributed by atoms with E-state index in [0.717, 1.165) is 25.1 Å². The molecular formula is C24H34N4O3. The number of amides is 1. The van der Waals surface area contributed by atoms with E-state index in [2.05, 4.69) is 5.10 Å². The normalized spacial score (nSPS) is 21.5. The summed E-state index contributed by atoms with van der Waals surface area (Å²) in [6, 6.07) is 2.23. The molecule has 2 aromatic heterocycles. The quantitative estimate of drug-likeness (QED) is 0.659. The molecule has 1 saturated heterocycles. The molecule has 0 aromatic carbocycles. The van der Waals surface area contributed by atoms with E-state index in [9.17, 15) is 9.59 Å². The van der Waals surface area contributed by atoms with Crippen LogP contribution in [-0.4, -0.2) is 50.7 Å². The number of ether oxygens (including phenoxy) is 1. The maximum absolute atomic E-state index is 13.0. The molecule has 2 aliphatic rings. The predicted molar refractivity (Wildman–Crippen MR) is 119 cm³/mol. The molecule has 2 fully saturated rings. The zero-order valence-electron chi connectivity index (χ0n) is 19.1. The Labute approximate surface area is 184 Å². The lowest BCUT2D eigenvalue weighted by Crippen LogP contribution is -2.50. The van der Waals surface area contributed by atoms with Gasteiger partial charge in [-0.1, -0.05) is 26.7 Å². The Hall–Kier alpha value is -2.44. The molecule has 0 unspecified atom stereocenters. The van der Waals surface area contributed by atoms with Gasteiger partial charge >= 0.3 is 5.97 Å². The van der Waals surface area contributed by atoms with Crippen molar-refractivity contribution in [2.45, 2.75) is 84.2 Å². The van der Waals surface area contributed by atoms with Crippen molar-refractivity contribution in [2.24, 2.45) is 5.92 Å². The van der Waals surface area contributed by atoms with Crippen LogP contribution >= 0.6 is 0 Å². The first-order valence-corrected chi connectivity index (χ1v) is 11.7. The first-order valence-electron chi connectivity index (χ1n) is 11.7. The topological polar surface area (TPSA) is 77.3 Å². The molecule has 2 aromatic rings. The number of carbonyl (C=O) groups is 2. The molecule has 7 nitrogen and oxygen atoms in total. The zero-order valence-corrected chi connectivity index (χ0v) is 19.1. The summed E-state index contributed by atoms with van der Waals surface area (Å²) in [6.45, 7) is 8.71. The Morgan fingerprint density at radius 2 is 1.87 bits per heavy atom. The second kappa shape index (κ2) is 8.97. The average molecular weight is 427 g/mol. The van der Waals surface area contributed by atoms with Crippen molar-refractivity contribution < 1.29 is 14.3 Å². The van der Waals surface area contributed by atoms with E-state index in [4.69, 9.17) is 9.72 Å². The minimum absolute atomic E-state index is 0.0720. The number of carbonyl (C=O) groups excluding carboxylic acids is 2. The molecule has 1 saturated carbocycles. The van der Waals surface area contributed by atoms with Crippen LogP contribution in [0.2, 0.25) is 0 Å². The number of pyridine rings is 1. The Balaban J connectivity index is 1.52. The van der Waals surface area contributed by atoms with Gasteiger partial charge in [0.1, 0.15) is 0 Å². The van der Waals surface area contributed by atoms with Crippen molar-refractivity contribution in [1.82, 2.24) is 19.7 Å². The lowest BCUT2D eigenvalue weighted by atomic mass is 9.78. The fraction of sp³-hybridized carbons (Fsp3) is 0.667. The van der Waals surface area contributed by atoms with Crippen molar-refractivity contribution in [1.29, 1.82) is 0 Å². The molecule has 4 rings (SSSR count). The van der Waals surface area contributed by atoms with Crippen LogP contribution in [0.3, 0.4) is 0 Å². The second-order valence-corrected chi connectivity index (χ2v) is 9.59. The number of nitrogens with zero attached hydrogens (tertiary/aromatic N) is 4. The number of likely N-dealkylation sites (tertiary alicyclic amines) is 1. The molecule has 3 heterocycles. The van der Waals surface area contributed by atoms with Crippen LogP contribution in [0, 0.1) is 5.92 Å². The van der Waals surface area contributed by atoms with Crippen molar-refractivity contribution in [3.8, 4) is 0 Å². The number of aromatic nitrogens is 3. The van der Waals surface area contributed by atoms with Gasteiger partial charge < -0.3 is 9.64 Å². The average Bonchev–Trinajstić information content (AvgIpc) is 3.20. The van der Waals surface area contributed by atoms with E-state index in [1.165, 1.54) is 25.7 Å². The molecule has 2 atom stereocenters. The fourth-order valence-corrected chi connectivity index (χ4v) is 5.10. The SMILES string of the molecule is CC(C)c1cc(C(=O)OCC(=O)N2CCC[C@H]3CCCC[C@H]32)c2cnn(C(C)C)c2n1. The molecule has 0 radical (unpaired) electrons. The van der Waals surface area contributed by atoms with Crippen molar-refractivity contribution >= 4 is 22.9 Å². The van der Waals surface area contributed by atoms with Gasteiger partial charge in [0.15, 0.2) is 12.3 Å². The molecule has 1 amide bonds. The smallest absolute Gasteiger partial charge is 0.339 e. The summed E-state index contributed by atoms with van der Waals surface area (Å²) in [5.74, 6) is 0.211. The van der Waals surface area contributed by atoms with Crippen LogP contribution in [0.5, 0.6) is 0 Å². The van der Waals surface area contributed by atoms with Crippen LogP contribution < -0.4 is 0 Å². The Bertz CT molecular complexity index is 963. The molecule has 168 valence electrons. The summed E-state index contributed by atoms with van der Waals surface area (Å²) >= 11 is 0. The number of hydrogen-bond donors (Lipinski definition) is 0. The van der Waals surface area contributed by atoms with Crippen LogP contribution in [0.4, 0.5) is 0 Å². The van der Waals surface area contributed by atoms with Gasteiger partial charge in [0.05, 0.1) is 17.1 Å². The number of piperidine rings is 1.